The Balaban J connectivity index is 1.70. The van der Waals surface area contributed by atoms with E-state index in [2.05, 4.69) is 5.32 Å². The molecule has 0 radical (unpaired) electrons. The van der Waals surface area contributed by atoms with Gasteiger partial charge in [-0.15, -0.1) is 11.8 Å². The van der Waals surface area contributed by atoms with Gasteiger partial charge in [0.25, 0.3) is 0 Å². The lowest BCUT2D eigenvalue weighted by atomic mass is 10.1. The number of thioether (sulfide) groups is 1. The second kappa shape index (κ2) is 7.69. The van der Waals surface area contributed by atoms with E-state index in [1.807, 2.05) is 24.3 Å². The lowest BCUT2D eigenvalue weighted by Crippen LogP contribution is -2.27. The lowest BCUT2D eigenvalue weighted by Gasteiger charge is -2.07. The first-order chi connectivity index (χ1) is 10.1. The summed E-state index contributed by atoms with van der Waals surface area (Å²) in [6.45, 7) is 0.537. The van der Waals surface area contributed by atoms with Crippen LogP contribution >= 0.6 is 11.8 Å². The fourth-order valence-electron chi connectivity index (χ4n) is 1.80. The van der Waals surface area contributed by atoms with Crippen molar-refractivity contribution in [2.45, 2.75) is 11.3 Å². The normalized spacial score (nSPS) is 10.3. The van der Waals surface area contributed by atoms with Crippen molar-refractivity contribution in [2.24, 2.45) is 0 Å². The van der Waals surface area contributed by atoms with Gasteiger partial charge in [-0.2, -0.15) is 0 Å². The summed E-state index contributed by atoms with van der Waals surface area (Å²) in [7, 11) is 0. The Hall–Kier alpha value is -2.01. The number of anilines is 1. The van der Waals surface area contributed by atoms with Crippen LogP contribution in [0.2, 0.25) is 0 Å². The predicted molar refractivity (Wildman–Crippen MR) is 84.7 cm³/mol. The van der Waals surface area contributed by atoms with Gasteiger partial charge in [-0.05, 0) is 36.2 Å². The molecule has 0 aliphatic rings. The molecule has 3 nitrogen and oxygen atoms in total. The molecule has 0 saturated heterocycles. The van der Waals surface area contributed by atoms with Crippen molar-refractivity contribution in [2.75, 3.05) is 18.0 Å². The zero-order valence-corrected chi connectivity index (χ0v) is 12.3. The minimum absolute atomic E-state index is 0.0367. The van der Waals surface area contributed by atoms with Gasteiger partial charge < -0.3 is 11.1 Å². The number of para-hydroxylation sites is 1. The van der Waals surface area contributed by atoms with Gasteiger partial charge in [0.15, 0.2) is 0 Å². The second-order valence-electron chi connectivity index (χ2n) is 4.55. The number of carbonyl (C=O) groups is 1. The Morgan fingerprint density at radius 3 is 2.57 bits per heavy atom. The molecule has 5 heteroatoms. The van der Waals surface area contributed by atoms with Gasteiger partial charge in [-0.1, -0.05) is 24.3 Å². The molecule has 2 rings (SSSR count). The zero-order valence-electron chi connectivity index (χ0n) is 11.5. The summed E-state index contributed by atoms with van der Waals surface area (Å²) < 4.78 is 12.7. The Morgan fingerprint density at radius 2 is 1.86 bits per heavy atom. The third-order valence-corrected chi connectivity index (χ3v) is 4.02. The van der Waals surface area contributed by atoms with Crippen molar-refractivity contribution in [1.29, 1.82) is 0 Å². The van der Waals surface area contributed by atoms with E-state index in [0.717, 1.165) is 10.5 Å². The van der Waals surface area contributed by atoms with E-state index in [9.17, 15) is 9.18 Å². The number of nitrogen functional groups attached to an aromatic ring is 1. The van der Waals surface area contributed by atoms with Crippen LogP contribution < -0.4 is 11.1 Å². The van der Waals surface area contributed by atoms with Crippen LogP contribution in [0.5, 0.6) is 0 Å². The highest BCUT2D eigenvalue weighted by molar-refractivity contribution is 8.00. The summed E-state index contributed by atoms with van der Waals surface area (Å²) in [5, 5.41) is 2.84. The number of rotatable bonds is 6. The van der Waals surface area contributed by atoms with E-state index in [0.29, 0.717) is 24.4 Å². The average Bonchev–Trinajstić information content (AvgIpc) is 2.48. The third kappa shape index (κ3) is 5.11. The molecule has 0 unspecified atom stereocenters. The molecule has 3 N–H and O–H groups in total. The van der Waals surface area contributed by atoms with Gasteiger partial charge in [0.1, 0.15) is 5.82 Å². The van der Waals surface area contributed by atoms with Crippen molar-refractivity contribution in [1.82, 2.24) is 5.32 Å². The largest absolute Gasteiger partial charge is 0.398 e. The first-order valence-corrected chi connectivity index (χ1v) is 7.62. The van der Waals surface area contributed by atoms with Crippen LogP contribution in [0.25, 0.3) is 0 Å². The van der Waals surface area contributed by atoms with Crippen LogP contribution in [0.1, 0.15) is 5.56 Å². The van der Waals surface area contributed by atoms with Crippen molar-refractivity contribution < 1.29 is 9.18 Å². The van der Waals surface area contributed by atoms with Crippen molar-refractivity contribution >= 4 is 23.4 Å². The summed E-state index contributed by atoms with van der Waals surface area (Å²) >= 11 is 1.42. The number of nitrogens with two attached hydrogens (primary N) is 1. The molecule has 0 atom stereocenters. The van der Waals surface area contributed by atoms with E-state index < -0.39 is 0 Å². The summed E-state index contributed by atoms with van der Waals surface area (Å²) in [5.41, 5.74) is 7.49. The van der Waals surface area contributed by atoms with Crippen LogP contribution in [0.4, 0.5) is 10.1 Å². The van der Waals surface area contributed by atoms with Crippen molar-refractivity contribution in [3.8, 4) is 0 Å². The van der Waals surface area contributed by atoms with Crippen molar-refractivity contribution in [3.63, 3.8) is 0 Å². The van der Waals surface area contributed by atoms with Gasteiger partial charge in [0.05, 0.1) is 5.75 Å². The zero-order chi connectivity index (χ0) is 15.1. The number of carbonyl (C=O) groups excluding carboxylic acids is 1. The molecular formula is C16H17FN2OS. The Kier molecular flexibility index (Phi) is 5.63. The minimum atomic E-state index is -0.250. The highest BCUT2D eigenvalue weighted by atomic mass is 32.2. The fraction of sp³-hybridized carbons (Fsp3) is 0.188. The third-order valence-electron chi connectivity index (χ3n) is 2.93. The molecule has 2 aromatic rings. The van der Waals surface area contributed by atoms with E-state index >= 15 is 0 Å². The monoisotopic (exact) mass is 304 g/mol. The molecule has 110 valence electrons. The van der Waals surface area contributed by atoms with Gasteiger partial charge in [-0.3, -0.25) is 4.79 Å². The van der Waals surface area contributed by atoms with Crippen LogP contribution in [0.3, 0.4) is 0 Å². The first kappa shape index (κ1) is 15.4. The molecule has 0 aliphatic heterocycles. The number of nitrogens with one attached hydrogen (secondary N) is 1. The van der Waals surface area contributed by atoms with E-state index in [1.165, 1.54) is 23.9 Å². The molecule has 0 fully saturated rings. The molecule has 0 spiro atoms. The Labute approximate surface area is 127 Å². The predicted octanol–water partition coefficient (Wildman–Crippen LogP) is 2.86. The highest BCUT2D eigenvalue weighted by Crippen LogP contribution is 2.23. The topological polar surface area (TPSA) is 55.1 Å². The van der Waals surface area contributed by atoms with Gasteiger partial charge in [0.2, 0.25) is 5.91 Å². The maximum Gasteiger partial charge on any atom is 0.230 e. The Morgan fingerprint density at radius 1 is 1.14 bits per heavy atom. The van der Waals surface area contributed by atoms with Crippen molar-refractivity contribution in [3.05, 3.63) is 59.9 Å². The molecule has 0 bridgehead atoms. The molecule has 0 heterocycles. The molecule has 21 heavy (non-hydrogen) atoms. The maximum atomic E-state index is 12.7. The number of halogens is 1. The van der Waals surface area contributed by atoms with Crippen LogP contribution in [0, 0.1) is 5.82 Å². The number of hydrogen-bond acceptors (Lipinski definition) is 3. The van der Waals surface area contributed by atoms with E-state index in [4.69, 9.17) is 5.73 Å². The summed E-state index contributed by atoms with van der Waals surface area (Å²) in [6.07, 6.45) is 0.685. The summed E-state index contributed by atoms with van der Waals surface area (Å²) in [4.78, 5) is 12.6. The van der Waals surface area contributed by atoms with E-state index in [-0.39, 0.29) is 11.7 Å². The smallest absolute Gasteiger partial charge is 0.230 e. The maximum absolute atomic E-state index is 12.7. The number of amides is 1. The van der Waals surface area contributed by atoms with Crippen LogP contribution in [0.15, 0.2) is 53.4 Å². The van der Waals surface area contributed by atoms with Gasteiger partial charge >= 0.3 is 0 Å². The highest BCUT2D eigenvalue weighted by Gasteiger charge is 2.04. The van der Waals surface area contributed by atoms with Gasteiger partial charge in [-0.25, -0.2) is 4.39 Å². The van der Waals surface area contributed by atoms with Crippen LogP contribution in [-0.2, 0) is 11.2 Å². The second-order valence-corrected chi connectivity index (χ2v) is 5.57. The summed E-state index contributed by atoms with van der Waals surface area (Å²) in [6, 6.07) is 13.8. The minimum Gasteiger partial charge on any atom is -0.398 e. The average molecular weight is 304 g/mol. The Bertz CT molecular complexity index is 601. The molecule has 0 aliphatic carbocycles. The van der Waals surface area contributed by atoms with Gasteiger partial charge in [0, 0.05) is 17.1 Å². The van der Waals surface area contributed by atoms with E-state index in [1.54, 1.807) is 12.1 Å². The molecular weight excluding hydrogens is 287 g/mol. The summed E-state index contributed by atoms with van der Waals surface area (Å²) in [5.74, 6) is 0.0439. The lowest BCUT2D eigenvalue weighted by molar-refractivity contribution is -0.118. The molecule has 0 saturated carbocycles. The quantitative estimate of drug-likeness (QED) is 0.637. The first-order valence-electron chi connectivity index (χ1n) is 6.63. The molecule has 0 aromatic heterocycles. The SMILES string of the molecule is Nc1ccccc1SCC(=O)NCCc1ccc(F)cc1. The number of hydrogen-bond donors (Lipinski definition) is 2. The fourth-order valence-corrected chi connectivity index (χ4v) is 2.60. The number of benzene rings is 2. The van der Waals surface area contributed by atoms with Crippen LogP contribution in [-0.4, -0.2) is 18.2 Å². The molecule has 1 amide bonds. The molecule has 2 aromatic carbocycles. The standard InChI is InChI=1S/C16H17FN2OS/c17-13-7-5-12(6-8-13)9-10-19-16(20)11-21-15-4-2-1-3-14(15)18/h1-8H,9-11,18H2,(H,19,20).